The molecule has 6 atom stereocenters. The highest BCUT2D eigenvalue weighted by Gasteiger charge is 2.55. The summed E-state index contributed by atoms with van der Waals surface area (Å²) in [4.78, 5) is 10.0. The highest BCUT2D eigenvalue weighted by molar-refractivity contribution is 7.86. The van der Waals surface area contributed by atoms with E-state index in [-0.39, 0.29) is 28.3 Å². The van der Waals surface area contributed by atoms with Crippen molar-refractivity contribution < 1.29 is 17.5 Å². The van der Waals surface area contributed by atoms with Crippen LogP contribution in [0.5, 0.6) is 0 Å². The van der Waals surface area contributed by atoms with Gasteiger partial charge in [-0.1, -0.05) is 0 Å². The third kappa shape index (κ3) is 2.71. The van der Waals surface area contributed by atoms with Crippen molar-refractivity contribution in [2.45, 2.75) is 36.7 Å². The summed E-state index contributed by atoms with van der Waals surface area (Å²) in [6.07, 6.45) is 3.29. The summed E-state index contributed by atoms with van der Waals surface area (Å²) in [5, 5.41) is 20.2. The molecule has 132 valence electrons. The number of nitrogens with zero attached hydrogens (tertiary/aromatic N) is 2. The number of nitro benzene ring substituents is 1. The third-order valence-corrected chi connectivity index (χ3v) is 7.39. The van der Waals surface area contributed by atoms with Crippen LogP contribution in [0.2, 0.25) is 0 Å². The van der Waals surface area contributed by atoms with Crippen LogP contribution in [0.15, 0.2) is 29.2 Å². The Morgan fingerprint density at radius 2 is 1.80 bits per heavy atom. The van der Waals surface area contributed by atoms with Gasteiger partial charge in [0.25, 0.3) is 15.8 Å². The van der Waals surface area contributed by atoms with Gasteiger partial charge >= 0.3 is 0 Å². The largest absolute Gasteiger partial charge is 0.297 e. The molecule has 0 N–H and O–H groups in total. The Labute approximate surface area is 145 Å². The van der Waals surface area contributed by atoms with Crippen LogP contribution in [0.4, 0.5) is 5.69 Å². The molecule has 4 fully saturated rings. The lowest BCUT2D eigenvalue weighted by Crippen LogP contribution is -2.54. The molecule has 0 aliphatic heterocycles. The second kappa shape index (κ2) is 5.78. The molecule has 25 heavy (non-hydrogen) atoms. The first-order valence-electron chi connectivity index (χ1n) is 8.46. The molecule has 0 amide bonds. The van der Waals surface area contributed by atoms with Gasteiger partial charge in [-0.25, -0.2) is 0 Å². The van der Waals surface area contributed by atoms with Crippen molar-refractivity contribution in [1.29, 1.82) is 5.26 Å². The molecule has 4 saturated carbocycles. The van der Waals surface area contributed by atoms with Gasteiger partial charge in [-0.15, -0.1) is 0 Å². The van der Waals surface area contributed by atoms with Crippen molar-refractivity contribution >= 4 is 15.8 Å². The molecule has 0 spiro atoms. The Hall–Kier alpha value is -1.98. The molecule has 4 aliphatic carbocycles. The number of non-ortho nitro benzene ring substituents is 1. The highest BCUT2D eigenvalue weighted by Crippen LogP contribution is 2.57. The van der Waals surface area contributed by atoms with E-state index in [1.165, 1.54) is 12.1 Å². The Morgan fingerprint density at radius 1 is 1.12 bits per heavy atom. The summed E-state index contributed by atoms with van der Waals surface area (Å²) < 4.78 is 30.8. The lowest BCUT2D eigenvalue weighted by Gasteiger charge is -2.55. The number of benzene rings is 1. The molecule has 1 aromatic rings. The van der Waals surface area contributed by atoms with Gasteiger partial charge in [0.05, 0.1) is 27.9 Å². The minimum atomic E-state index is -4.01. The predicted octanol–water partition coefficient (Wildman–Crippen LogP) is 2.87. The fraction of sp³-hybridized carbons (Fsp3) is 0.588. The van der Waals surface area contributed by atoms with E-state index in [0.29, 0.717) is 11.8 Å². The normalized spacial score (nSPS) is 36.1. The SMILES string of the molecule is N#C[C@H]1[C@H]2C[C@@H]3C[C@@H](C2)[C@@H](OS(=O)(=O)c2ccc([N+](=O)[O-])cc2)[C@@H]1C3. The second-order valence-corrected chi connectivity index (χ2v) is 8.99. The van der Waals surface area contributed by atoms with Gasteiger partial charge in [0.1, 0.15) is 0 Å². The van der Waals surface area contributed by atoms with Crippen LogP contribution in [0, 0.1) is 51.0 Å². The maximum atomic E-state index is 12.6. The maximum absolute atomic E-state index is 12.6. The van der Waals surface area contributed by atoms with Gasteiger partial charge in [-0.2, -0.15) is 13.7 Å². The van der Waals surface area contributed by atoms with Crippen LogP contribution < -0.4 is 0 Å². The number of nitro groups is 1. The summed E-state index contributed by atoms with van der Waals surface area (Å²) >= 11 is 0. The molecule has 1 aromatic carbocycles. The summed E-state index contributed by atoms with van der Waals surface area (Å²) in [5.74, 6) is 0.966. The molecule has 0 unspecified atom stereocenters. The van der Waals surface area contributed by atoms with Gasteiger partial charge in [0, 0.05) is 18.1 Å². The number of nitriles is 1. The van der Waals surface area contributed by atoms with E-state index in [9.17, 15) is 23.8 Å². The van der Waals surface area contributed by atoms with E-state index in [1.807, 2.05) is 0 Å². The molecular formula is C17H18N2O5S. The van der Waals surface area contributed by atoms with Crippen molar-refractivity contribution in [2.24, 2.45) is 29.6 Å². The van der Waals surface area contributed by atoms with E-state index >= 15 is 0 Å². The number of hydrogen-bond acceptors (Lipinski definition) is 6. The fourth-order valence-corrected chi connectivity index (χ4v) is 6.32. The Balaban J connectivity index is 1.58. The van der Waals surface area contributed by atoms with Crippen molar-refractivity contribution in [3.05, 3.63) is 34.4 Å². The third-order valence-electron chi connectivity index (χ3n) is 6.06. The fourth-order valence-electron chi connectivity index (χ4n) is 5.14. The number of rotatable bonds is 4. The van der Waals surface area contributed by atoms with Crippen LogP contribution >= 0.6 is 0 Å². The monoisotopic (exact) mass is 362 g/mol. The van der Waals surface area contributed by atoms with Gasteiger partial charge in [-0.3, -0.25) is 14.3 Å². The Morgan fingerprint density at radius 3 is 2.44 bits per heavy atom. The van der Waals surface area contributed by atoms with Gasteiger partial charge in [-0.05, 0) is 55.6 Å². The molecule has 0 aromatic heterocycles. The zero-order chi connectivity index (χ0) is 17.8. The van der Waals surface area contributed by atoms with Crippen molar-refractivity contribution in [3.8, 4) is 6.07 Å². The average molecular weight is 362 g/mol. The Kier molecular flexibility index (Phi) is 3.81. The van der Waals surface area contributed by atoms with Crippen LogP contribution in [0.3, 0.4) is 0 Å². The maximum Gasteiger partial charge on any atom is 0.297 e. The molecule has 8 heteroatoms. The van der Waals surface area contributed by atoms with E-state index < -0.39 is 21.1 Å². The lowest BCUT2D eigenvalue weighted by molar-refractivity contribution is -0.384. The molecule has 4 bridgehead atoms. The van der Waals surface area contributed by atoms with Crippen molar-refractivity contribution in [3.63, 3.8) is 0 Å². The van der Waals surface area contributed by atoms with Crippen LogP contribution in [-0.4, -0.2) is 19.4 Å². The zero-order valence-corrected chi connectivity index (χ0v) is 14.3. The summed E-state index contributed by atoms with van der Waals surface area (Å²) in [6.45, 7) is 0. The lowest BCUT2D eigenvalue weighted by atomic mass is 9.51. The Bertz CT molecular complexity index is 845. The molecule has 5 rings (SSSR count). The molecule has 0 radical (unpaired) electrons. The molecule has 0 saturated heterocycles. The van der Waals surface area contributed by atoms with Crippen LogP contribution in [0.25, 0.3) is 0 Å². The van der Waals surface area contributed by atoms with Crippen LogP contribution in [0.1, 0.15) is 25.7 Å². The molecule has 4 aliphatic rings. The highest BCUT2D eigenvalue weighted by atomic mass is 32.2. The minimum Gasteiger partial charge on any atom is -0.262 e. The quantitative estimate of drug-likeness (QED) is 0.463. The summed E-state index contributed by atoms with van der Waals surface area (Å²) in [7, 11) is -4.01. The molecular weight excluding hydrogens is 344 g/mol. The first kappa shape index (κ1) is 16.5. The molecule has 0 heterocycles. The van der Waals surface area contributed by atoms with E-state index in [4.69, 9.17) is 4.18 Å². The summed E-state index contributed by atoms with van der Waals surface area (Å²) in [5.41, 5.74) is -0.168. The van der Waals surface area contributed by atoms with Crippen molar-refractivity contribution in [2.75, 3.05) is 0 Å². The topological polar surface area (TPSA) is 110 Å². The van der Waals surface area contributed by atoms with Gasteiger partial charge in [0.15, 0.2) is 0 Å². The van der Waals surface area contributed by atoms with Crippen LogP contribution in [-0.2, 0) is 14.3 Å². The predicted molar refractivity (Wildman–Crippen MR) is 86.7 cm³/mol. The first-order chi connectivity index (χ1) is 11.9. The number of hydrogen-bond donors (Lipinski definition) is 0. The average Bonchev–Trinajstić information content (AvgIpc) is 2.58. The smallest absolute Gasteiger partial charge is 0.262 e. The molecule has 7 nitrogen and oxygen atoms in total. The first-order valence-corrected chi connectivity index (χ1v) is 9.87. The van der Waals surface area contributed by atoms with Gasteiger partial charge < -0.3 is 0 Å². The van der Waals surface area contributed by atoms with E-state index in [1.54, 1.807) is 0 Å². The zero-order valence-electron chi connectivity index (χ0n) is 13.4. The van der Waals surface area contributed by atoms with E-state index in [0.717, 1.165) is 37.8 Å². The minimum absolute atomic E-state index is 0.0333. The van der Waals surface area contributed by atoms with Crippen molar-refractivity contribution in [1.82, 2.24) is 0 Å². The van der Waals surface area contributed by atoms with Gasteiger partial charge in [0.2, 0.25) is 0 Å². The second-order valence-electron chi connectivity index (χ2n) is 7.41. The summed E-state index contributed by atoms with van der Waals surface area (Å²) in [6, 6.07) is 7.09. The standard InChI is InChI=1S/C17H18N2O5S/c18-9-16-11-5-10-6-12(8-11)17(15(16)7-10)24-25(22,23)14-3-1-13(2-4-14)19(20)21/h1-4,10-12,15-17H,5-8H2/t10-,11+,12+,15-,16+,17-/m1/s1. The van der Waals surface area contributed by atoms with E-state index in [2.05, 4.69) is 6.07 Å².